The number of hydrogen-bond donors (Lipinski definition) is 5. The van der Waals surface area contributed by atoms with Crippen LogP contribution in [0.4, 0.5) is 0 Å². The first kappa shape index (κ1) is 35.9. The molecule has 2 fully saturated rings. The van der Waals surface area contributed by atoms with Gasteiger partial charge in [0.25, 0.3) is 0 Å². The first-order chi connectivity index (χ1) is 27.0. The van der Waals surface area contributed by atoms with E-state index in [4.69, 9.17) is 28.1 Å². The van der Waals surface area contributed by atoms with Gasteiger partial charge < -0.3 is 48.7 Å². The fraction of sp³-hybridized carbons (Fsp3) is 0.463. The van der Waals surface area contributed by atoms with E-state index in [1.54, 1.807) is 0 Å². The van der Waals surface area contributed by atoms with Gasteiger partial charge in [-0.05, 0) is 37.5 Å². The molecule has 0 amide bonds. The van der Waals surface area contributed by atoms with Gasteiger partial charge in [0.2, 0.25) is 6.79 Å². The van der Waals surface area contributed by atoms with Crippen LogP contribution in [-0.2, 0) is 26.3 Å². The number of thioether (sulfide) groups is 1. The molecule has 2 saturated heterocycles. The lowest BCUT2D eigenvalue weighted by Gasteiger charge is -2.60. The van der Waals surface area contributed by atoms with Gasteiger partial charge in [-0.25, -0.2) is 4.79 Å². The third-order valence-electron chi connectivity index (χ3n) is 12.8. The predicted molar refractivity (Wildman–Crippen MR) is 202 cm³/mol. The Kier molecular flexibility index (Phi) is 8.17. The van der Waals surface area contributed by atoms with Gasteiger partial charge in [0.05, 0.1) is 37.1 Å². The number of fused-ring (bicyclic) bond motifs is 11. The van der Waals surface area contributed by atoms with Crippen molar-refractivity contribution >= 4 is 34.7 Å². The Morgan fingerprint density at radius 3 is 2.66 bits per heavy atom. The molecule has 4 bridgehead atoms. The summed E-state index contributed by atoms with van der Waals surface area (Å²) >= 11 is 1.42. The van der Waals surface area contributed by atoms with Crippen LogP contribution >= 0.6 is 11.8 Å². The number of phenolic OH excluding ortho intramolecular Hbond substituents is 1. The number of phenols is 1. The smallest absolute Gasteiger partial charge is 0.335 e. The van der Waals surface area contributed by atoms with Gasteiger partial charge >= 0.3 is 11.9 Å². The number of aliphatic hydroxyl groups excluding tert-OH is 2. The molecule has 9 atom stereocenters. The van der Waals surface area contributed by atoms with Crippen LogP contribution in [-0.4, -0.2) is 89.4 Å². The van der Waals surface area contributed by atoms with E-state index < -0.39 is 59.2 Å². The second kappa shape index (κ2) is 12.7. The van der Waals surface area contributed by atoms with Crippen molar-refractivity contribution in [3.05, 3.63) is 75.0 Å². The third kappa shape index (κ3) is 4.75. The lowest BCUT2D eigenvalue weighted by atomic mass is 9.71. The van der Waals surface area contributed by atoms with Crippen molar-refractivity contribution < 1.29 is 53.0 Å². The molecule has 8 heterocycles. The van der Waals surface area contributed by atoms with E-state index in [0.717, 1.165) is 22.1 Å². The molecule has 7 aliphatic rings. The van der Waals surface area contributed by atoms with Gasteiger partial charge in [0, 0.05) is 63.9 Å². The van der Waals surface area contributed by atoms with Crippen molar-refractivity contribution in [2.24, 2.45) is 0 Å². The van der Waals surface area contributed by atoms with Crippen LogP contribution in [0.15, 0.2) is 34.7 Å². The molecule has 5 N–H and O–H groups in total. The maximum absolute atomic E-state index is 14.9. The maximum Gasteiger partial charge on any atom is 0.335 e. The number of aryl methyl sites for hydroxylation is 1. The number of benzene rings is 3. The lowest BCUT2D eigenvalue weighted by molar-refractivity contribution is -0.166. The molecular formula is C41H43N3O11S. The number of rotatable bonds is 3. The summed E-state index contributed by atoms with van der Waals surface area (Å²) in [5.74, 6) is 0.650. The van der Waals surface area contributed by atoms with Crippen LogP contribution in [0.1, 0.15) is 81.8 Å². The summed E-state index contributed by atoms with van der Waals surface area (Å²) in [6.07, 6.45) is -0.662. The third-order valence-corrected chi connectivity index (χ3v) is 14.2. The minimum Gasteiger partial charge on any atom is -0.504 e. The highest BCUT2D eigenvalue weighted by atomic mass is 32.2. The normalized spacial score (nSPS) is 31.3. The molecule has 3 aromatic carbocycles. The quantitative estimate of drug-likeness (QED) is 0.148. The number of carbonyl (C=O) groups excluding carboxylic acids is 2. The molecule has 11 rings (SSSR count). The van der Waals surface area contributed by atoms with Crippen LogP contribution in [0.25, 0.3) is 11.0 Å². The molecule has 0 saturated carbocycles. The van der Waals surface area contributed by atoms with Crippen molar-refractivity contribution in [3.63, 3.8) is 0 Å². The predicted octanol–water partition coefficient (Wildman–Crippen LogP) is 4.02. The molecule has 7 aliphatic heterocycles. The number of esters is 2. The monoisotopic (exact) mass is 785 g/mol. The first-order valence-corrected chi connectivity index (χ1v) is 20.0. The maximum atomic E-state index is 14.9. The van der Waals surface area contributed by atoms with E-state index in [1.807, 2.05) is 56.0 Å². The number of aromatic hydroxyl groups is 1. The summed E-state index contributed by atoms with van der Waals surface area (Å²) in [4.78, 5) is 29.8. The molecule has 1 spiro atoms. The Hall–Kier alpha value is -4.51. The van der Waals surface area contributed by atoms with Crippen molar-refractivity contribution in [2.75, 3.05) is 32.9 Å². The lowest BCUT2D eigenvalue weighted by Crippen LogP contribution is -2.70. The van der Waals surface area contributed by atoms with E-state index in [1.165, 1.54) is 25.8 Å². The average Bonchev–Trinajstić information content (AvgIpc) is 3.83. The van der Waals surface area contributed by atoms with Gasteiger partial charge in [-0.1, -0.05) is 31.2 Å². The summed E-state index contributed by atoms with van der Waals surface area (Å²) in [7, 11) is 1.53. The Bertz CT molecular complexity index is 2350. The number of nitrogens with one attached hydrogen (secondary N) is 2. The number of furan rings is 1. The molecule has 56 heavy (non-hydrogen) atoms. The molecule has 0 aliphatic carbocycles. The standard InChI is InChI=1S/C41H43N3O11S/c1-16-10-22-17(2)29-39(48)44-24-13-51-40(49)41(38-23(11-20(12-45)43-41)21-8-6-7-9-25(21)55-38)14-56-37(31(44)30(42-29)26(22)32(47)33(16)50-5)28-27(24)36-35(52-15-53-36)18(3)34(28)54-19(4)46/h6-10,17,20,24,29-31,37,39,42-43,45,47-48H,11-15H2,1-5H3/t17?,20-,24-,29-,30+,31+,37+,39-,41+/m0/s1. The van der Waals surface area contributed by atoms with Gasteiger partial charge in [0.1, 0.15) is 29.9 Å². The molecule has 14 nitrogen and oxygen atoms in total. The second-order valence-electron chi connectivity index (χ2n) is 15.7. The van der Waals surface area contributed by atoms with Crippen LogP contribution in [0.5, 0.6) is 28.7 Å². The number of methoxy groups -OCH3 is 1. The van der Waals surface area contributed by atoms with Gasteiger partial charge in [-0.2, -0.15) is 0 Å². The molecule has 0 radical (unpaired) electrons. The minimum atomic E-state index is -1.54. The number of para-hydroxylation sites is 1. The van der Waals surface area contributed by atoms with Gasteiger partial charge in [-0.15, -0.1) is 11.8 Å². The van der Waals surface area contributed by atoms with Crippen LogP contribution in [0.2, 0.25) is 0 Å². The molecule has 15 heteroatoms. The topological polar surface area (TPSA) is 181 Å². The van der Waals surface area contributed by atoms with E-state index >= 15 is 0 Å². The minimum absolute atomic E-state index is 0.0106. The van der Waals surface area contributed by atoms with Crippen LogP contribution in [0, 0.1) is 13.8 Å². The van der Waals surface area contributed by atoms with Crippen molar-refractivity contribution in [1.82, 2.24) is 15.5 Å². The van der Waals surface area contributed by atoms with Crippen LogP contribution in [0.3, 0.4) is 0 Å². The number of carbonyl (C=O) groups is 2. The van der Waals surface area contributed by atoms with E-state index in [2.05, 4.69) is 10.6 Å². The number of ether oxygens (including phenoxy) is 5. The summed E-state index contributed by atoms with van der Waals surface area (Å²) in [5.41, 5.74) is 4.03. The fourth-order valence-electron chi connectivity index (χ4n) is 10.4. The SMILES string of the molecule is COc1c(C)cc2c(c1O)[C@H]1N[C@@H](C2C)[C@H](O)N2[C@H]1[C@@H]1SC[C@]3(N[C@H](CO)Cc4c3oc3ccccc43)C(=O)OC[C@H]2c2c3c(c(C)c(OC(C)=O)c21)OCO3. The van der Waals surface area contributed by atoms with Gasteiger partial charge in [0.15, 0.2) is 28.5 Å². The Labute approximate surface area is 326 Å². The number of aliphatic hydroxyl groups is 2. The zero-order valence-electron chi connectivity index (χ0n) is 31.5. The summed E-state index contributed by atoms with van der Waals surface area (Å²) in [6.45, 7) is 6.52. The van der Waals surface area contributed by atoms with Crippen molar-refractivity contribution in [1.29, 1.82) is 0 Å². The molecule has 4 aromatic rings. The second-order valence-corrected chi connectivity index (χ2v) is 16.8. The van der Waals surface area contributed by atoms with Gasteiger partial charge in [-0.3, -0.25) is 15.0 Å². The molecule has 294 valence electrons. The summed E-state index contributed by atoms with van der Waals surface area (Å²) in [6, 6.07) is 6.62. The summed E-state index contributed by atoms with van der Waals surface area (Å²) < 4.78 is 37.0. The molecule has 1 aromatic heterocycles. The molecular weight excluding hydrogens is 743 g/mol. The van der Waals surface area contributed by atoms with E-state index in [9.17, 15) is 24.9 Å². The van der Waals surface area contributed by atoms with Crippen molar-refractivity contribution in [3.8, 4) is 28.7 Å². The number of piperazine rings is 1. The highest BCUT2D eigenvalue weighted by molar-refractivity contribution is 7.99. The average molecular weight is 786 g/mol. The first-order valence-electron chi connectivity index (χ1n) is 18.9. The number of nitrogens with zero attached hydrogens (tertiary/aromatic N) is 1. The Morgan fingerprint density at radius 1 is 1.11 bits per heavy atom. The Balaban J connectivity index is 1.24. The zero-order valence-corrected chi connectivity index (χ0v) is 32.3. The highest BCUT2D eigenvalue weighted by Crippen LogP contribution is 2.64. The highest BCUT2D eigenvalue weighted by Gasteiger charge is 2.61. The van der Waals surface area contributed by atoms with E-state index in [0.29, 0.717) is 63.0 Å². The van der Waals surface area contributed by atoms with E-state index in [-0.39, 0.29) is 37.4 Å². The Morgan fingerprint density at radius 2 is 1.89 bits per heavy atom. The summed E-state index contributed by atoms with van der Waals surface area (Å²) in [5, 5.41) is 42.6. The zero-order chi connectivity index (χ0) is 38.9. The largest absolute Gasteiger partial charge is 0.504 e. The van der Waals surface area contributed by atoms with Crippen LogP contribution < -0.4 is 29.6 Å². The molecule has 1 unspecified atom stereocenters. The number of hydrogen-bond acceptors (Lipinski definition) is 15. The fourth-order valence-corrected chi connectivity index (χ4v) is 12.1. The van der Waals surface area contributed by atoms with Crippen molar-refractivity contribution in [2.45, 2.75) is 87.3 Å².